The number of allylic oxidation sites excluding steroid dienone is 8. The zero-order chi connectivity index (χ0) is 39.1. The van der Waals surface area contributed by atoms with Gasteiger partial charge in [0.15, 0.2) is 0 Å². The Morgan fingerprint density at radius 3 is 1.64 bits per heavy atom. The Balaban J connectivity index is 4.03. The number of phosphoric ester groups is 1. The van der Waals surface area contributed by atoms with Crippen LogP contribution in [0.4, 0.5) is 0 Å². The van der Waals surface area contributed by atoms with Gasteiger partial charge >= 0.3 is 5.97 Å². The minimum absolute atomic E-state index is 0.0250. The van der Waals surface area contributed by atoms with Crippen LogP contribution in [0, 0.1) is 0 Å². The molecule has 0 saturated carbocycles. The van der Waals surface area contributed by atoms with Crippen molar-refractivity contribution in [2.45, 2.75) is 174 Å². The van der Waals surface area contributed by atoms with Crippen molar-refractivity contribution in [1.29, 1.82) is 0 Å². The molecule has 0 aliphatic rings. The minimum atomic E-state index is -4.51. The summed E-state index contributed by atoms with van der Waals surface area (Å²) in [5.41, 5.74) is 0. The Morgan fingerprint density at radius 1 is 0.604 bits per heavy atom. The highest BCUT2D eigenvalue weighted by Crippen LogP contribution is 2.38. The van der Waals surface area contributed by atoms with Crippen molar-refractivity contribution in [3.63, 3.8) is 0 Å². The minimum Gasteiger partial charge on any atom is -0.756 e. The van der Waals surface area contributed by atoms with E-state index in [9.17, 15) is 14.3 Å². The lowest BCUT2D eigenvalue weighted by Gasteiger charge is -2.28. The van der Waals surface area contributed by atoms with Gasteiger partial charge in [-0.15, -0.1) is 0 Å². The largest absolute Gasteiger partial charge is 0.756 e. The molecule has 2 unspecified atom stereocenters. The topological polar surface area (TPSA) is 94.1 Å². The van der Waals surface area contributed by atoms with E-state index in [0.717, 1.165) is 57.8 Å². The second-order valence-corrected chi connectivity index (χ2v) is 16.7. The summed E-state index contributed by atoms with van der Waals surface area (Å²) in [7, 11) is 1.35. The van der Waals surface area contributed by atoms with Gasteiger partial charge in [-0.3, -0.25) is 9.36 Å². The predicted octanol–water partition coefficient (Wildman–Crippen LogP) is 11.7. The van der Waals surface area contributed by atoms with E-state index >= 15 is 0 Å². The van der Waals surface area contributed by atoms with Crippen molar-refractivity contribution in [1.82, 2.24) is 0 Å². The molecule has 2 atom stereocenters. The molecule has 0 aliphatic heterocycles. The molecule has 0 amide bonds. The Bertz CT molecular complexity index is 989. The third-order valence-corrected chi connectivity index (χ3v) is 9.86. The van der Waals surface area contributed by atoms with Crippen LogP contribution in [0.3, 0.4) is 0 Å². The fourth-order valence-corrected chi connectivity index (χ4v) is 6.32. The van der Waals surface area contributed by atoms with Gasteiger partial charge < -0.3 is 27.9 Å². The molecule has 0 aliphatic carbocycles. The molecule has 0 saturated heterocycles. The molecule has 53 heavy (non-hydrogen) atoms. The van der Waals surface area contributed by atoms with Gasteiger partial charge in [-0.25, -0.2) is 0 Å². The second kappa shape index (κ2) is 37.4. The Hall–Kier alpha value is -1.54. The van der Waals surface area contributed by atoms with Crippen LogP contribution >= 0.6 is 7.82 Å². The van der Waals surface area contributed by atoms with E-state index < -0.39 is 13.9 Å². The van der Waals surface area contributed by atoms with E-state index in [1.54, 1.807) is 0 Å². The molecule has 0 rings (SSSR count). The van der Waals surface area contributed by atoms with Crippen molar-refractivity contribution in [3.8, 4) is 0 Å². The van der Waals surface area contributed by atoms with Crippen LogP contribution in [-0.4, -0.2) is 70.7 Å². The Morgan fingerprint density at radius 2 is 1.09 bits per heavy atom. The van der Waals surface area contributed by atoms with Gasteiger partial charge in [0.2, 0.25) is 0 Å². The third kappa shape index (κ3) is 41.5. The van der Waals surface area contributed by atoms with Gasteiger partial charge in [0, 0.05) is 13.0 Å². The van der Waals surface area contributed by atoms with Crippen LogP contribution in [-0.2, 0) is 27.9 Å². The summed E-state index contributed by atoms with van der Waals surface area (Å²) in [4.78, 5) is 24.8. The average Bonchev–Trinajstić information content (AvgIpc) is 3.11. The number of hydrogen-bond donors (Lipinski definition) is 0. The first-order chi connectivity index (χ1) is 25.6. The standard InChI is InChI=1S/C44H82NO7P/c1-6-8-10-12-14-15-16-17-18-19-20-21-22-23-24-25-26-27-28-29-30-32-34-36-39-49-41-43(42-51-53(47,48)50-40-38-45(3,4)5)52-44(46)37-35-33-31-13-11-9-7-2/h8,10,14-15,17-18,20-21,43H,6-7,9,11-13,16,19,22-42H2,1-5H3/b10-8-,15-14-,18-17-,21-20-. The maximum absolute atomic E-state index is 12.5. The van der Waals surface area contributed by atoms with Crippen LogP contribution in [0.1, 0.15) is 168 Å². The number of nitrogens with zero attached hydrogens (tertiary/aromatic N) is 1. The molecule has 8 nitrogen and oxygen atoms in total. The number of carbonyl (C=O) groups is 1. The molecular formula is C44H82NO7P. The summed E-state index contributed by atoms with van der Waals surface area (Å²) in [5.74, 6) is -0.343. The fourth-order valence-electron chi connectivity index (χ4n) is 5.60. The smallest absolute Gasteiger partial charge is 0.306 e. The zero-order valence-corrected chi connectivity index (χ0v) is 35.8. The zero-order valence-electron chi connectivity index (χ0n) is 35.0. The molecule has 0 bridgehead atoms. The highest BCUT2D eigenvalue weighted by atomic mass is 31.2. The molecule has 9 heteroatoms. The number of likely N-dealkylation sites (N-methyl/N-ethyl adjacent to an activating group) is 1. The lowest BCUT2D eigenvalue weighted by atomic mass is 10.1. The van der Waals surface area contributed by atoms with E-state index in [1.807, 2.05) is 21.1 Å². The van der Waals surface area contributed by atoms with Gasteiger partial charge in [-0.2, -0.15) is 0 Å². The van der Waals surface area contributed by atoms with Crippen LogP contribution in [0.2, 0.25) is 0 Å². The molecule has 0 aromatic rings. The fraction of sp³-hybridized carbons (Fsp3) is 0.795. The summed E-state index contributed by atoms with van der Waals surface area (Å²) in [6.45, 7) is 5.24. The summed E-state index contributed by atoms with van der Waals surface area (Å²) in [5, 5.41) is 0. The molecule has 0 heterocycles. The molecule has 0 fully saturated rings. The first-order valence-corrected chi connectivity index (χ1v) is 22.8. The predicted molar refractivity (Wildman–Crippen MR) is 222 cm³/mol. The maximum atomic E-state index is 12.5. The monoisotopic (exact) mass is 768 g/mol. The number of esters is 1. The first kappa shape index (κ1) is 51.5. The van der Waals surface area contributed by atoms with Crippen LogP contribution < -0.4 is 4.89 Å². The van der Waals surface area contributed by atoms with Gasteiger partial charge in [-0.1, -0.05) is 159 Å². The van der Waals surface area contributed by atoms with E-state index in [1.165, 1.54) is 89.9 Å². The number of hydrogen-bond acceptors (Lipinski definition) is 7. The summed E-state index contributed by atoms with van der Waals surface area (Å²) >= 11 is 0. The first-order valence-electron chi connectivity index (χ1n) is 21.4. The average molecular weight is 768 g/mol. The molecule has 0 radical (unpaired) electrons. The summed E-state index contributed by atoms with van der Waals surface area (Å²) in [6, 6.07) is 0. The van der Waals surface area contributed by atoms with Crippen LogP contribution in [0.25, 0.3) is 0 Å². The number of quaternary nitrogens is 1. The molecule has 0 aromatic carbocycles. The van der Waals surface area contributed by atoms with E-state index in [0.29, 0.717) is 24.1 Å². The number of rotatable bonds is 39. The normalized spacial score (nSPS) is 14.3. The van der Waals surface area contributed by atoms with Crippen molar-refractivity contribution in [2.75, 3.05) is 54.1 Å². The maximum Gasteiger partial charge on any atom is 0.306 e. The van der Waals surface area contributed by atoms with E-state index in [2.05, 4.69) is 62.5 Å². The van der Waals surface area contributed by atoms with Crippen molar-refractivity contribution in [3.05, 3.63) is 48.6 Å². The number of carbonyl (C=O) groups excluding carboxylic acids is 1. The van der Waals surface area contributed by atoms with E-state index in [4.69, 9.17) is 18.5 Å². The second-order valence-electron chi connectivity index (χ2n) is 15.3. The molecular weight excluding hydrogens is 685 g/mol. The lowest BCUT2D eigenvalue weighted by Crippen LogP contribution is -2.37. The molecule has 310 valence electrons. The van der Waals surface area contributed by atoms with Crippen molar-refractivity contribution < 1.29 is 37.3 Å². The third-order valence-electron chi connectivity index (χ3n) is 8.89. The molecule has 0 aromatic heterocycles. The number of phosphoric acid groups is 1. The molecule has 0 spiro atoms. The highest BCUT2D eigenvalue weighted by molar-refractivity contribution is 7.45. The molecule has 0 N–H and O–H groups in total. The van der Waals surface area contributed by atoms with Gasteiger partial charge in [0.25, 0.3) is 7.82 Å². The van der Waals surface area contributed by atoms with Gasteiger partial charge in [0.05, 0.1) is 34.4 Å². The number of unbranched alkanes of at least 4 members (excludes halogenated alkanes) is 17. The van der Waals surface area contributed by atoms with Gasteiger partial charge in [0.1, 0.15) is 19.3 Å². The van der Waals surface area contributed by atoms with Crippen molar-refractivity contribution in [2.24, 2.45) is 0 Å². The van der Waals surface area contributed by atoms with Gasteiger partial charge in [-0.05, 0) is 51.4 Å². The summed E-state index contributed by atoms with van der Waals surface area (Å²) < 4.78 is 34.4. The highest BCUT2D eigenvalue weighted by Gasteiger charge is 2.20. The van der Waals surface area contributed by atoms with Crippen LogP contribution in [0.15, 0.2) is 48.6 Å². The lowest BCUT2D eigenvalue weighted by molar-refractivity contribution is -0.870. The van der Waals surface area contributed by atoms with E-state index in [-0.39, 0.29) is 25.8 Å². The Labute approximate surface area is 327 Å². The SMILES string of the molecule is CC/C=C\C/C=C\C/C=C\C/C=C\CCCCCCCCCCCCCOCC(COP(=O)([O-])OCC[N+](C)(C)C)OC(=O)CCCCCCCCC. The quantitative estimate of drug-likeness (QED) is 0.0202. The summed E-state index contributed by atoms with van der Waals surface area (Å²) in [6.07, 6.45) is 44.3. The Kier molecular flexibility index (Phi) is 36.3. The number of ether oxygens (including phenoxy) is 2. The van der Waals surface area contributed by atoms with Crippen molar-refractivity contribution >= 4 is 13.8 Å². The van der Waals surface area contributed by atoms with Crippen LogP contribution in [0.5, 0.6) is 0 Å².